The highest BCUT2D eigenvalue weighted by Gasteiger charge is 2.64. The topological polar surface area (TPSA) is 111 Å². The molecule has 2 amide bonds. The van der Waals surface area contributed by atoms with Gasteiger partial charge in [-0.25, -0.2) is 10.2 Å². The van der Waals surface area contributed by atoms with Crippen LogP contribution >= 0.6 is 0 Å². The lowest BCUT2D eigenvalue weighted by atomic mass is 9.51. The van der Waals surface area contributed by atoms with Crippen molar-refractivity contribution in [1.29, 1.82) is 0 Å². The number of amides is 2. The largest absolute Gasteiger partial charge is 0.393 e. The van der Waals surface area contributed by atoms with Gasteiger partial charge in [-0.3, -0.25) is 4.90 Å². The van der Waals surface area contributed by atoms with E-state index in [4.69, 9.17) is 5.73 Å². The van der Waals surface area contributed by atoms with E-state index >= 15 is 0 Å². The number of aliphatic hydroxyl groups is 2. The molecule has 0 aromatic heterocycles. The quantitative estimate of drug-likeness (QED) is 0.426. The number of primary amides is 1. The molecular weight excluding hydrogens is 440 g/mol. The summed E-state index contributed by atoms with van der Waals surface area (Å²) in [5, 5.41) is 27.0. The number of carbonyl (C=O) groups is 1. The van der Waals surface area contributed by atoms with Gasteiger partial charge in [0, 0.05) is 30.8 Å². The molecule has 0 aromatic rings. The summed E-state index contributed by atoms with van der Waals surface area (Å²) in [6.07, 6.45) is 9.19. The van der Waals surface area contributed by atoms with Crippen molar-refractivity contribution in [3.63, 3.8) is 0 Å². The smallest absolute Gasteiger partial charge is 0.332 e. The summed E-state index contributed by atoms with van der Waals surface area (Å²) < 4.78 is 0. The van der Waals surface area contributed by atoms with Crippen LogP contribution in [0.1, 0.15) is 78.6 Å². The molecule has 2 saturated heterocycles. The summed E-state index contributed by atoms with van der Waals surface area (Å²) in [6.45, 7) is 9.24. The van der Waals surface area contributed by atoms with Crippen molar-refractivity contribution in [2.24, 2.45) is 63.6 Å². The highest BCUT2D eigenvalue weighted by molar-refractivity contribution is 5.90. The molecule has 0 aromatic carbocycles. The van der Waals surface area contributed by atoms with E-state index < -0.39 is 11.6 Å². The molecule has 12 atom stereocenters. The molecular formula is C28H46N4O3. The van der Waals surface area contributed by atoms with E-state index in [0.717, 1.165) is 57.3 Å². The molecule has 5 N–H and O–H groups in total. The average Bonchev–Trinajstić information content (AvgIpc) is 3.18. The Morgan fingerprint density at radius 2 is 1.83 bits per heavy atom. The monoisotopic (exact) mass is 486 g/mol. The van der Waals surface area contributed by atoms with E-state index in [1.54, 1.807) is 0 Å². The van der Waals surface area contributed by atoms with Crippen molar-refractivity contribution in [1.82, 2.24) is 10.3 Å². The summed E-state index contributed by atoms with van der Waals surface area (Å²) in [5.41, 5.74) is 8.47. The first-order valence-electron chi connectivity index (χ1n) is 14.4. The summed E-state index contributed by atoms with van der Waals surface area (Å²) in [6, 6.07) is -0.294. The predicted octanol–water partition coefficient (Wildman–Crippen LogP) is 3.34. The van der Waals surface area contributed by atoms with Crippen LogP contribution in [-0.4, -0.2) is 57.7 Å². The van der Waals surface area contributed by atoms with Gasteiger partial charge in [0.25, 0.3) is 0 Å². The van der Waals surface area contributed by atoms with Gasteiger partial charge >= 0.3 is 6.03 Å². The van der Waals surface area contributed by atoms with Gasteiger partial charge in [-0.2, -0.15) is 5.10 Å². The Labute approximate surface area is 210 Å². The Bertz CT molecular complexity index is 891. The number of hydrogen-bond donors (Lipinski definition) is 4. The van der Waals surface area contributed by atoms with Gasteiger partial charge < -0.3 is 15.9 Å². The third-order valence-corrected chi connectivity index (χ3v) is 12.1. The SMILES string of the molecule is CC1CC[C@@H]2N(C1)CC1C(CC[C@H]3C4C/C(=N\NC(N)=O)[C@H]5CC(O)CCC5(C)[C@H]4C[C@@H]13)[C@]2(C)O. The highest BCUT2D eigenvalue weighted by Crippen LogP contribution is 2.66. The molecule has 4 aliphatic carbocycles. The molecule has 35 heavy (non-hydrogen) atoms. The van der Waals surface area contributed by atoms with Gasteiger partial charge in [-0.05, 0) is 112 Å². The Morgan fingerprint density at radius 1 is 1.03 bits per heavy atom. The second kappa shape index (κ2) is 8.42. The highest BCUT2D eigenvalue weighted by atomic mass is 16.3. The van der Waals surface area contributed by atoms with Gasteiger partial charge in [0.05, 0.1) is 11.7 Å². The van der Waals surface area contributed by atoms with Gasteiger partial charge in [-0.15, -0.1) is 0 Å². The maximum Gasteiger partial charge on any atom is 0.332 e. The number of rotatable bonds is 1. The van der Waals surface area contributed by atoms with Crippen LogP contribution in [0.2, 0.25) is 0 Å². The lowest BCUT2D eigenvalue weighted by Crippen LogP contribution is -2.67. The molecule has 2 heterocycles. The summed E-state index contributed by atoms with van der Waals surface area (Å²) in [5.74, 6) is 4.42. The molecule has 7 heteroatoms. The van der Waals surface area contributed by atoms with Crippen molar-refractivity contribution in [3.8, 4) is 0 Å². The Kier molecular flexibility index (Phi) is 5.82. The lowest BCUT2D eigenvalue weighted by molar-refractivity contribution is -0.175. The second-order valence-corrected chi connectivity index (χ2v) is 13.8. The molecule has 0 spiro atoms. The number of hydrazone groups is 1. The lowest BCUT2D eigenvalue weighted by Gasteiger charge is -2.59. The predicted molar refractivity (Wildman–Crippen MR) is 135 cm³/mol. The maximum atomic E-state index is 11.9. The normalized spacial score (nSPS) is 54.7. The Morgan fingerprint density at radius 3 is 2.60 bits per heavy atom. The van der Waals surface area contributed by atoms with Crippen molar-refractivity contribution in [2.75, 3.05) is 13.1 Å². The third kappa shape index (κ3) is 3.70. The van der Waals surface area contributed by atoms with Crippen LogP contribution in [0, 0.1) is 52.8 Å². The summed E-state index contributed by atoms with van der Waals surface area (Å²) in [4.78, 5) is 14.1. The van der Waals surface area contributed by atoms with Crippen molar-refractivity contribution >= 4 is 11.7 Å². The Hall–Kier alpha value is -1.18. The average molecular weight is 487 g/mol. The first-order chi connectivity index (χ1) is 16.6. The van der Waals surface area contributed by atoms with Crippen LogP contribution < -0.4 is 11.2 Å². The zero-order valence-corrected chi connectivity index (χ0v) is 21.8. The number of nitrogens with two attached hydrogens (primary N) is 1. The molecule has 0 bridgehead atoms. The minimum atomic E-state index is -0.614. The molecule has 4 saturated carbocycles. The number of nitrogens with zero attached hydrogens (tertiary/aromatic N) is 2. The standard InChI is InChI=1S/C28H46N4O3/c1-15-4-7-25-28(3,35)21-6-5-17-18(20(21)14-32(25)13-15)11-22-19(17)12-24(30-31-26(29)34)23-10-16(33)8-9-27(22,23)2/h15-23,25,33,35H,4-14H2,1-3H3,(H3,29,31,34)/b30-24+/t15?,16?,17-,18-,19?,20?,21?,22+,23-,25+,27?,28+/m1/s1. The minimum absolute atomic E-state index is 0.104. The van der Waals surface area contributed by atoms with E-state index in [-0.39, 0.29) is 17.4 Å². The molecule has 196 valence electrons. The fraction of sp³-hybridized carbons (Fsp3) is 0.929. The van der Waals surface area contributed by atoms with Crippen molar-refractivity contribution in [2.45, 2.75) is 96.3 Å². The van der Waals surface area contributed by atoms with E-state index in [0.29, 0.717) is 47.5 Å². The molecule has 6 fully saturated rings. The Balaban J connectivity index is 1.32. The van der Waals surface area contributed by atoms with Crippen molar-refractivity contribution in [3.05, 3.63) is 0 Å². The minimum Gasteiger partial charge on any atom is -0.393 e. The second-order valence-electron chi connectivity index (χ2n) is 13.8. The van der Waals surface area contributed by atoms with Crippen LogP contribution in [0.4, 0.5) is 4.79 Å². The van der Waals surface area contributed by atoms with Crippen LogP contribution in [0.5, 0.6) is 0 Å². The number of carbonyl (C=O) groups excluding carboxylic acids is 1. The fourth-order valence-electron chi connectivity index (χ4n) is 10.6. The van der Waals surface area contributed by atoms with E-state index in [2.05, 4.69) is 36.2 Å². The van der Waals surface area contributed by atoms with E-state index in [1.807, 2.05) is 0 Å². The zero-order chi connectivity index (χ0) is 24.7. The van der Waals surface area contributed by atoms with Gasteiger partial charge in [-0.1, -0.05) is 13.8 Å². The fourth-order valence-corrected chi connectivity index (χ4v) is 10.6. The number of hydrogen-bond acceptors (Lipinski definition) is 5. The van der Waals surface area contributed by atoms with Crippen LogP contribution in [-0.2, 0) is 0 Å². The number of piperidine rings is 2. The molecule has 0 radical (unpaired) electrons. The van der Waals surface area contributed by atoms with Crippen LogP contribution in [0.15, 0.2) is 5.10 Å². The number of aliphatic hydroxyl groups excluding tert-OH is 1. The van der Waals surface area contributed by atoms with Crippen LogP contribution in [0.3, 0.4) is 0 Å². The van der Waals surface area contributed by atoms with E-state index in [1.165, 1.54) is 19.3 Å². The summed E-state index contributed by atoms with van der Waals surface area (Å²) in [7, 11) is 0. The molecule has 2 aliphatic heterocycles. The maximum absolute atomic E-state index is 11.9. The molecule has 6 rings (SSSR count). The third-order valence-electron chi connectivity index (χ3n) is 12.1. The number of nitrogens with one attached hydrogen (secondary N) is 1. The van der Waals surface area contributed by atoms with E-state index in [9.17, 15) is 15.0 Å². The molecule has 6 aliphatic rings. The zero-order valence-electron chi connectivity index (χ0n) is 21.8. The van der Waals surface area contributed by atoms with Gasteiger partial charge in [0.1, 0.15) is 0 Å². The van der Waals surface area contributed by atoms with Gasteiger partial charge in [0.2, 0.25) is 0 Å². The van der Waals surface area contributed by atoms with Crippen molar-refractivity contribution < 1.29 is 15.0 Å². The summed E-state index contributed by atoms with van der Waals surface area (Å²) >= 11 is 0. The number of urea groups is 1. The first-order valence-corrected chi connectivity index (χ1v) is 14.4. The molecule has 7 nitrogen and oxygen atoms in total. The first kappa shape index (κ1) is 24.2. The van der Waals surface area contributed by atoms with Crippen LogP contribution in [0.25, 0.3) is 0 Å². The van der Waals surface area contributed by atoms with Gasteiger partial charge in [0.15, 0.2) is 0 Å². The molecule has 6 unspecified atom stereocenters. The number of fused-ring (bicyclic) bond motifs is 8.